The van der Waals surface area contributed by atoms with Gasteiger partial charge in [0.25, 0.3) is 11.1 Å². The highest BCUT2D eigenvalue weighted by Crippen LogP contribution is 2.26. The van der Waals surface area contributed by atoms with Gasteiger partial charge in [-0.1, -0.05) is 31.2 Å². The van der Waals surface area contributed by atoms with E-state index in [-0.39, 0.29) is 34.7 Å². The summed E-state index contributed by atoms with van der Waals surface area (Å²) >= 11 is 1.30. The lowest BCUT2D eigenvalue weighted by atomic mass is 9.94. The Morgan fingerprint density at radius 2 is 1.48 bits per heavy atom. The molecule has 2 aliphatic rings. The lowest BCUT2D eigenvalue weighted by molar-refractivity contribution is -0.123. The number of anilines is 1. The Bertz CT molecular complexity index is 3120. The number of amides is 2. The summed E-state index contributed by atoms with van der Waals surface area (Å²) in [6, 6.07) is 1.75. The molecule has 6 aromatic heterocycles. The van der Waals surface area contributed by atoms with Crippen molar-refractivity contribution in [3.8, 4) is 0 Å². The minimum Gasteiger partial charge on any atom is -0.367 e. The van der Waals surface area contributed by atoms with Crippen LogP contribution in [0, 0.1) is 5.92 Å². The first-order valence-electron chi connectivity index (χ1n) is 18.9. The summed E-state index contributed by atoms with van der Waals surface area (Å²) in [5.74, 6) is 0.196. The van der Waals surface area contributed by atoms with Gasteiger partial charge in [-0.25, -0.2) is 24.5 Å². The molecule has 21 heteroatoms. The van der Waals surface area contributed by atoms with E-state index in [1.165, 1.54) is 63.4 Å². The molecular formula is C39H40N14O6S. The van der Waals surface area contributed by atoms with Crippen LogP contribution in [0.2, 0.25) is 0 Å². The van der Waals surface area contributed by atoms with Crippen LogP contribution < -0.4 is 38.4 Å². The number of fused-ring (bicyclic) bond motifs is 2. The standard InChI is InChI=1S/C39H40N14O6S/c1-20-8-7-9-23(14-20)26-11-13-28(47-46-26)45-34(55)22(3)53-19-43-32-30(53)37(57)51(39(59)49(32)5)17-25-16-41-35(60-25)24-10-12-27(40-15-24)44-33(54)21(2)52-18-42-31-29(52)36(56)50(6)38(58)48(31)4/h7-13,16,18-22,40H,14-15,17H2,1-6H3,(H,44,54)(H,45,47,55)/t20?,21?,22-/m1/s1. The second kappa shape index (κ2) is 15.5. The summed E-state index contributed by atoms with van der Waals surface area (Å²) in [4.78, 5) is 93.0. The molecule has 0 bridgehead atoms. The maximum Gasteiger partial charge on any atom is 0.332 e. The second-order valence-corrected chi connectivity index (χ2v) is 15.9. The zero-order valence-electron chi connectivity index (χ0n) is 33.4. The third-order valence-corrected chi connectivity index (χ3v) is 11.7. The molecule has 308 valence electrons. The summed E-state index contributed by atoms with van der Waals surface area (Å²) < 4.78 is 7.44. The Morgan fingerprint density at radius 3 is 2.12 bits per heavy atom. The van der Waals surface area contributed by atoms with Crippen molar-refractivity contribution in [2.24, 2.45) is 27.1 Å². The molecule has 0 spiro atoms. The molecule has 3 atom stereocenters. The van der Waals surface area contributed by atoms with Crippen molar-refractivity contribution >= 4 is 62.4 Å². The van der Waals surface area contributed by atoms with E-state index < -0.39 is 46.4 Å². The number of aromatic nitrogens is 11. The van der Waals surface area contributed by atoms with E-state index in [0.29, 0.717) is 28.2 Å². The third-order valence-electron chi connectivity index (χ3n) is 10.7. The predicted molar refractivity (Wildman–Crippen MR) is 224 cm³/mol. The van der Waals surface area contributed by atoms with Crippen molar-refractivity contribution in [2.75, 3.05) is 11.9 Å². The quantitative estimate of drug-likeness (QED) is 0.178. The van der Waals surface area contributed by atoms with Gasteiger partial charge in [0.2, 0.25) is 11.8 Å². The summed E-state index contributed by atoms with van der Waals surface area (Å²) in [6.07, 6.45) is 14.8. The lowest BCUT2D eigenvalue weighted by Gasteiger charge is -2.20. The van der Waals surface area contributed by atoms with Gasteiger partial charge in [0.15, 0.2) is 28.1 Å². The fraction of sp³-hybridized carbons (Fsp3) is 0.308. The van der Waals surface area contributed by atoms with Gasteiger partial charge in [0, 0.05) is 44.3 Å². The molecule has 2 unspecified atom stereocenters. The van der Waals surface area contributed by atoms with Gasteiger partial charge in [-0.15, -0.1) is 21.5 Å². The summed E-state index contributed by atoms with van der Waals surface area (Å²) in [5, 5.41) is 17.9. The Morgan fingerprint density at radius 1 is 0.817 bits per heavy atom. The fourth-order valence-corrected chi connectivity index (χ4v) is 8.04. The molecule has 1 aliphatic carbocycles. The van der Waals surface area contributed by atoms with Gasteiger partial charge in [0.05, 0.1) is 24.9 Å². The predicted octanol–water partition coefficient (Wildman–Crippen LogP) is 1.32. The first-order chi connectivity index (χ1) is 28.7. The Kier molecular flexibility index (Phi) is 10.2. The molecule has 0 saturated heterocycles. The maximum atomic E-state index is 14.0. The fourth-order valence-electron chi connectivity index (χ4n) is 7.11. The molecular weight excluding hydrogens is 793 g/mol. The van der Waals surface area contributed by atoms with Crippen molar-refractivity contribution in [1.82, 2.24) is 63.2 Å². The van der Waals surface area contributed by atoms with Gasteiger partial charge in [-0.3, -0.25) is 37.4 Å². The van der Waals surface area contributed by atoms with Gasteiger partial charge in [-0.05, 0) is 50.0 Å². The minimum absolute atomic E-state index is 0.0756. The molecule has 0 radical (unpaired) electrons. The Labute approximate surface area is 343 Å². The number of nitrogens with one attached hydrogen (secondary N) is 3. The molecule has 0 fully saturated rings. The van der Waals surface area contributed by atoms with E-state index in [2.05, 4.69) is 54.1 Å². The van der Waals surface area contributed by atoms with Gasteiger partial charge >= 0.3 is 11.4 Å². The molecule has 8 rings (SSSR count). The normalized spacial score (nSPS) is 16.2. The largest absolute Gasteiger partial charge is 0.367 e. The van der Waals surface area contributed by atoms with Crippen LogP contribution in [0.4, 0.5) is 5.82 Å². The molecule has 60 heavy (non-hydrogen) atoms. The van der Waals surface area contributed by atoms with Crippen molar-refractivity contribution in [1.29, 1.82) is 0 Å². The number of dihydropyridines is 1. The lowest BCUT2D eigenvalue weighted by Crippen LogP contribution is -2.40. The number of hydrogen-bond acceptors (Lipinski definition) is 13. The van der Waals surface area contributed by atoms with Crippen LogP contribution in [-0.2, 0) is 37.3 Å². The van der Waals surface area contributed by atoms with Gasteiger partial charge < -0.3 is 25.1 Å². The minimum atomic E-state index is -0.898. The van der Waals surface area contributed by atoms with Crippen LogP contribution in [0.15, 0.2) is 86.4 Å². The second-order valence-electron chi connectivity index (χ2n) is 14.7. The summed E-state index contributed by atoms with van der Waals surface area (Å²) in [5.41, 5.74) is 0.837. The summed E-state index contributed by atoms with van der Waals surface area (Å²) in [6.45, 7) is 5.60. The van der Waals surface area contributed by atoms with E-state index in [9.17, 15) is 28.8 Å². The van der Waals surface area contributed by atoms with Crippen molar-refractivity contribution in [3.05, 3.63) is 124 Å². The number of carbonyl (C=O) groups excluding carboxylic acids is 2. The first kappa shape index (κ1) is 39.5. The smallest absolute Gasteiger partial charge is 0.332 e. The Hall–Kier alpha value is -7.29. The number of carbonyl (C=O) groups is 2. The van der Waals surface area contributed by atoms with Crippen LogP contribution in [0.5, 0.6) is 0 Å². The van der Waals surface area contributed by atoms with Crippen molar-refractivity contribution < 1.29 is 9.59 Å². The first-order valence-corrected chi connectivity index (χ1v) is 19.7. The van der Waals surface area contributed by atoms with Crippen molar-refractivity contribution in [3.63, 3.8) is 0 Å². The van der Waals surface area contributed by atoms with E-state index >= 15 is 0 Å². The molecule has 20 nitrogen and oxygen atoms in total. The number of imidazole rings is 2. The third kappa shape index (κ3) is 7.01. The van der Waals surface area contributed by atoms with Crippen LogP contribution in [0.3, 0.4) is 0 Å². The van der Waals surface area contributed by atoms with Crippen LogP contribution >= 0.6 is 11.3 Å². The Balaban J connectivity index is 0.961. The topological polar surface area (TPSA) is 233 Å². The SMILES string of the molecule is CC1C=CC=C(c2ccc(NC(=O)[C@@H](C)n3cnc4c3c(=O)n(Cc3cnc(C5=CC=C(NC(=O)C(C)n6cnc7c6c(=O)n(C)c(=O)n7C)NC5)s3)c(=O)n4C)nn2)C1. The monoisotopic (exact) mass is 832 g/mol. The average molecular weight is 833 g/mol. The number of hydrogen-bond donors (Lipinski definition) is 3. The highest BCUT2D eigenvalue weighted by atomic mass is 32.1. The molecule has 0 aromatic carbocycles. The zero-order chi connectivity index (χ0) is 42.6. The molecule has 6 aromatic rings. The zero-order valence-corrected chi connectivity index (χ0v) is 34.2. The van der Waals surface area contributed by atoms with Crippen LogP contribution in [0.1, 0.15) is 54.9 Å². The van der Waals surface area contributed by atoms with E-state index in [0.717, 1.165) is 32.4 Å². The number of thiazole rings is 1. The highest BCUT2D eigenvalue weighted by Gasteiger charge is 2.26. The average Bonchev–Trinajstić information content (AvgIpc) is 4.02. The molecule has 7 heterocycles. The molecule has 0 saturated carbocycles. The number of rotatable bonds is 10. The van der Waals surface area contributed by atoms with Gasteiger partial charge in [0.1, 0.15) is 22.9 Å². The highest BCUT2D eigenvalue weighted by molar-refractivity contribution is 7.12. The number of aryl methyl sites for hydroxylation is 2. The van der Waals surface area contributed by atoms with Crippen molar-refractivity contribution in [2.45, 2.75) is 45.8 Å². The maximum absolute atomic E-state index is 14.0. The molecule has 3 N–H and O–H groups in total. The molecule has 2 amide bonds. The molecule has 1 aliphatic heterocycles. The number of nitrogens with zero attached hydrogens (tertiary/aromatic N) is 11. The van der Waals surface area contributed by atoms with Crippen LogP contribution in [-0.4, -0.2) is 70.9 Å². The van der Waals surface area contributed by atoms with Gasteiger partial charge in [-0.2, -0.15) is 0 Å². The number of allylic oxidation sites excluding steroid dienone is 6. The summed E-state index contributed by atoms with van der Waals surface area (Å²) in [7, 11) is 4.39. The van der Waals surface area contributed by atoms with E-state index in [4.69, 9.17) is 0 Å². The van der Waals surface area contributed by atoms with Crippen LogP contribution in [0.25, 0.3) is 33.5 Å². The van der Waals surface area contributed by atoms with E-state index in [1.54, 1.807) is 44.3 Å². The van der Waals surface area contributed by atoms with E-state index in [1.807, 2.05) is 12.2 Å².